The van der Waals surface area contributed by atoms with Gasteiger partial charge in [-0.15, -0.1) is 0 Å². The smallest absolute Gasteiger partial charge is 0.305 e. The molecule has 1 heterocycles. The molecular weight excluding hydrogens is 611 g/mol. The normalized spacial score (nSPS) is 17.8. The molecule has 46 heavy (non-hydrogen) atoms. The van der Waals surface area contributed by atoms with Gasteiger partial charge in [0.2, 0.25) is 16.0 Å². The molecular formula is C34H51FN4O6S. The Labute approximate surface area is 273 Å². The first-order valence-electron chi connectivity index (χ1n) is 16.4. The van der Waals surface area contributed by atoms with Gasteiger partial charge in [-0.05, 0) is 55.9 Å². The van der Waals surface area contributed by atoms with Crippen LogP contribution in [0.15, 0.2) is 30.3 Å². The van der Waals surface area contributed by atoms with E-state index in [-0.39, 0.29) is 18.3 Å². The number of nitrogens with one attached hydrogen (secondary N) is 1. The number of aliphatic hydroxyl groups excluding tert-OH is 2. The SMILES string of the molecule is C1CCC(NC2CCCCC2)CC1.CC(C)c1nc(N(C)S(C)(=O)=O)nc(-c2ccc(F)cc2)c1/C=C/[C@@H](O)C[C@@H](O)CC(=O)O. The third-order valence-corrected chi connectivity index (χ3v) is 9.66. The molecule has 2 aliphatic rings. The Morgan fingerprint density at radius 3 is 2.02 bits per heavy atom. The lowest BCUT2D eigenvalue weighted by molar-refractivity contribution is -0.139. The minimum Gasteiger partial charge on any atom is -0.481 e. The summed E-state index contributed by atoms with van der Waals surface area (Å²) in [7, 11) is -2.33. The Hall–Kier alpha value is -2.93. The van der Waals surface area contributed by atoms with Crippen LogP contribution in [-0.2, 0) is 14.8 Å². The van der Waals surface area contributed by atoms with Gasteiger partial charge in [0.05, 0.1) is 36.3 Å². The molecule has 4 rings (SSSR count). The third kappa shape index (κ3) is 12.0. The van der Waals surface area contributed by atoms with Crippen molar-refractivity contribution < 1.29 is 32.9 Å². The summed E-state index contributed by atoms with van der Waals surface area (Å²) < 4.78 is 38.6. The van der Waals surface area contributed by atoms with Gasteiger partial charge >= 0.3 is 5.97 Å². The highest BCUT2D eigenvalue weighted by molar-refractivity contribution is 7.92. The fourth-order valence-electron chi connectivity index (χ4n) is 5.92. The average Bonchev–Trinajstić information content (AvgIpc) is 3.00. The zero-order valence-corrected chi connectivity index (χ0v) is 28.3. The molecule has 0 unspecified atom stereocenters. The van der Waals surface area contributed by atoms with Gasteiger partial charge < -0.3 is 20.6 Å². The van der Waals surface area contributed by atoms with Gasteiger partial charge in [0.15, 0.2) is 0 Å². The molecule has 10 nitrogen and oxygen atoms in total. The van der Waals surface area contributed by atoms with Crippen LogP contribution in [-0.4, -0.2) is 77.3 Å². The van der Waals surface area contributed by atoms with Gasteiger partial charge in [-0.1, -0.05) is 64.5 Å². The van der Waals surface area contributed by atoms with Crippen molar-refractivity contribution in [3.8, 4) is 11.3 Å². The Kier molecular flexibility index (Phi) is 14.6. The van der Waals surface area contributed by atoms with Crippen LogP contribution in [0.25, 0.3) is 17.3 Å². The van der Waals surface area contributed by atoms with Crippen LogP contribution in [0.1, 0.15) is 108 Å². The monoisotopic (exact) mass is 662 g/mol. The Morgan fingerprint density at radius 2 is 1.54 bits per heavy atom. The molecule has 256 valence electrons. The molecule has 1 aromatic heterocycles. The summed E-state index contributed by atoms with van der Waals surface area (Å²) in [5, 5.41) is 32.6. The first-order chi connectivity index (χ1) is 21.7. The molecule has 0 aliphatic heterocycles. The number of nitrogens with zero attached hydrogens (tertiary/aromatic N) is 3. The standard InChI is InChI=1S/C22H28FN3O6S.C12H23N/c1-13(2)20-18(10-9-16(27)11-17(28)12-19(29)30)21(14-5-7-15(23)8-6-14)25-22(24-20)26(3)33(4,31)32;1-3-7-11(8-4-1)13-12-9-5-2-6-10-12/h5-10,13,16-17,27-28H,11-12H2,1-4H3,(H,29,30);11-13H,1-10H2/b10-9+;/t16-,17-;/m1./s1. The lowest BCUT2D eigenvalue weighted by atomic mass is 9.91. The van der Waals surface area contributed by atoms with E-state index in [1.165, 1.54) is 108 Å². The molecule has 2 aromatic rings. The highest BCUT2D eigenvalue weighted by atomic mass is 32.2. The molecule has 0 bridgehead atoms. The van der Waals surface area contributed by atoms with E-state index in [2.05, 4.69) is 15.3 Å². The van der Waals surface area contributed by atoms with Gasteiger partial charge in [0.25, 0.3) is 0 Å². The summed E-state index contributed by atoms with van der Waals surface area (Å²) in [6.07, 6.45) is 15.4. The molecule has 2 saturated carbocycles. The molecule has 2 fully saturated rings. The number of aromatic nitrogens is 2. The van der Waals surface area contributed by atoms with Crippen LogP contribution >= 0.6 is 0 Å². The number of carbonyl (C=O) groups is 1. The molecule has 0 saturated heterocycles. The lowest BCUT2D eigenvalue weighted by Crippen LogP contribution is -2.40. The zero-order valence-electron chi connectivity index (χ0n) is 27.5. The number of hydrogen-bond acceptors (Lipinski definition) is 8. The highest BCUT2D eigenvalue weighted by Crippen LogP contribution is 2.32. The Bertz CT molecular complexity index is 1380. The average molecular weight is 663 g/mol. The summed E-state index contributed by atoms with van der Waals surface area (Å²) in [4.78, 5) is 19.6. The van der Waals surface area contributed by atoms with E-state index in [4.69, 9.17) is 5.11 Å². The van der Waals surface area contributed by atoms with Crippen molar-refractivity contribution in [3.05, 3.63) is 47.4 Å². The van der Waals surface area contributed by atoms with Crippen molar-refractivity contribution in [1.82, 2.24) is 15.3 Å². The number of anilines is 1. The van der Waals surface area contributed by atoms with Crippen molar-refractivity contribution >= 4 is 28.0 Å². The maximum absolute atomic E-state index is 13.5. The van der Waals surface area contributed by atoms with Gasteiger partial charge in [-0.2, -0.15) is 0 Å². The predicted octanol–water partition coefficient (Wildman–Crippen LogP) is 5.64. The van der Waals surface area contributed by atoms with E-state index in [1.807, 2.05) is 13.8 Å². The number of aliphatic hydroxyl groups is 2. The number of carboxylic acids is 1. The molecule has 0 amide bonds. The fraction of sp³-hybridized carbons (Fsp3) is 0.618. The van der Waals surface area contributed by atoms with Gasteiger partial charge in [0.1, 0.15) is 5.82 Å². The summed E-state index contributed by atoms with van der Waals surface area (Å²) in [6.45, 7) is 3.71. The van der Waals surface area contributed by atoms with Crippen LogP contribution in [0.4, 0.5) is 10.3 Å². The Balaban J connectivity index is 0.000000365. The minimum absolute atomic E-state index is 0.0601. The van der Waals surface area contributed by atoms with E-state index in [0.29, 0.717) is 22.5 Å². The Morgan fingerprint density at radius 1 is 1.00 bits per heavy atom. The maximum atomic E-state index is 13.5. The third-order valence-electron chi connectivity index (χ3n) is 8.50. The topological polar surface area (TPSA) is 153 Å². The molecule has 12 heteroatoms. The number of hydrogen-bond donors (Lipinski definition) is 4. The van der Waals surface area contributed by atoms with Crippen LogP contribution < -0.4 is 9.62 Å². The van der Waals surface area contributed by atoms with Crippen molar-refractivity contribution in [2.24, 2.45) is 0 Å². The summed E-state index contributed by atoms with van der Waals surface area (Å²) in [5.74, 6) is -1.87. The van der Waals surface area contributed by atoms with Crippen LogP contribution in [0.2, 0.25) is 0 Å². The van der Waals surface area contributed by atoms with Gasteiger partial charge in [-0.3, -0.25) is 4.79 Å². The molecule has 2 aliphatic carbocycles. The van der Waals surface area contributed by atoms with Crippen LogP contribution in [0.5, 0.6) is 0 Å². The quantitative estimate of drug-likeness (QED) is 0.226. The van der Waals surface area contributed by atoms with Crippen LogP contribution in [0, 0.1) is 5.82 Å². The first-order valence-corrected chi connectivity index (χ1v) is 18.2. The van der Waals surface area contributed by atoms with Crippen LogP contribution in [0.3, 0.4) is 0 Å². The summed E-state index contributed by atoms with van der Waals surface area (Å²) >= 11 is 0. The molecule has 0 spiro atoms. The van der Waals surface area contributed by atoms with E-state index in [9.17, 15) is 27.8 Å². The van der Waals surface area contributed by atoms with Gasteiger partial charge in [-0.25, -0.2) is 27.1 Å². The molecule has 2 atom stereocenters. The molecule has 0 radical (unpaired) electrons. The second kappa shape index (κ2) is 17.8. The largest absolute Gasteiger partial charge is 0.481 e. The predicted molar refractivity (Wildman–Crippen MR) is 180 cm³/mol. The van der Waals surface area contributed by atoms with E-state index < -0.39 is 40.4 Å². The van der Waals surface area contributed by atoms with E-state index in [0.717, 1.165) is 22.6 Å². The highest BCUT2D eigenvalue weighted by Gasteiger charge is 2.23. The minimum atomic E-state index is -3.65. The number of sulfonamides is 1. The van der Waals surface area contributed by atoms with E-state index in [1.54, 1.807) is 0 Å². The van der Waals surface area contributed by atoms with Crippen molar-refractivity contribution in [3.63, 3.8) is 0 Å². The molecule has 1 aromatic carbocycles. The van der Waals surface area contributed by atoms with Gasteiger partial charge in [0, 0.05) is 36.7 Å². The number of benzene rings is 1. The molecule has 4 N–H and O–H groups in total. The van der Waals surface area contributed by atoms with Crippen molar-refractivity contribution in [2.45, 2.75) is 121 Å². The number of rotatable bonds is 12. The first kappa shape index (κ1) is 37.5. The lowest BCUT2D eigenvalue weighted by Gasteiger charge is -2.30. The van der Waals surface area contributed by atoms with E-state index >= 15 is 0 Å². The number of halogens is 1. The second-order valence-corrected chi connectivity index (χ2v) is 14.8. The maximum Gasteiger partial charge on any atom is 0.305 e. The second-order valence-electron chi connectivity index (χ2n) is 12.8. The summed E-state index contributed by atoms with van der Waals surface area (Å²) in [5.41, 5.74) is 1.80. The van der Waals surface area contributed by atoms with Crippen molar-refractivity contribution in [2.75, 3.05) is 17.6 Å². The van der Waals surface area contributed by atoms with Crippen molar-refractivity contribution in [1.29, 1.82) is 0 Å². The zero-order chi connectivity index (χ0) is 33.9. The number of aliphatic carboxylic acids is 1. The number of carboxylic acid groups (broad SMARTS) is 1. The summed E-state index contributed by atoms with van der Waals surface area (Å²) in [6, 6.07) is 7.23. The fourth-order valence-corrected chi connectivity index (χ4v) is 6.30.